The molecule has 0 spiro atoms. The van der Waals surface area contributed by atoms with Crippen LogP contribution in [0.1, 0.15) is 320 Å². The summed E-state index contributed by atoms with van der Waals surface area (Å²) in [6, 6.07) is 0. The van der Waals surface area contributed by atoms with Crippen molar-refractivity contribution in [3.8, 4) is 0 Å². The summed E-state index contributed by atoms with van der Waals surface area (Å²) in [6.07, 6.45) is 33.6. The first kappa shape index (κ1) is 73.5. The van der Waals surface area contributed by atoms with Crippen molar-refractivity contribution < 1.29 is 0 Å². The molecule has 0 saturated heterocycles. The Kier molecular flexibility index (Phi) is 91.4. The van der Waals surface area contributed by atoms with Gasteiger partial charge in [-0.1, -0.05) is 320 Å². The van der Waals surface area contributed by atoms with Crippen LogP contribution in [0.5, 0.6) is 0 Å². The van der Waals surface area contributed by atoms with Crippen molar-refractivity contribution in [1.82, 2.24) is 0 Å². The standard InChI is InChI=1S/4C8H16.8C3H8/c4*1-7-3-5-8(2)6-4-7;8*1-3-2/h4*7-8H,3-6H2,1-2H3;8*3H2,1-2H3. The molecule has 352 valence electrons. The van der Waals surface area contributed by atoms with Crippen molar-refractivity contribution in [3.05, 3.63) is 0 Å². The van der Waals surface area contributed by atoms with Crippen molar-refractivity contribution in [1.29, 1.82) is 0 Å². The Morgan fingerprint density at radius 2 is 0.196 bits per heavy atom. The van der Waals surface area contributed by atoms with Gasteiger partial charge in [-0.15, -0.1) is 0 Å². The number of hydrogen-bond donors (Lipinski definition) is 0. The normalized spacial score (nSPS) is 25.3. The topological polar surface area (TPSA) is 0 Å². The molecule has 0 aromatic carbocycles. The quantitative estimate of drug-likeness (QED) is 0.229. The summed E-state index contributed by atoms with van der Waals surface area (Å²) in [4.78, 5) is 0. The van der Waals surface area contributed by atoms with E-state index in [0.29, 0.717) is 0 Å². The fourth-order valence-corrected chi connectivity index (χ4v) is 5.71. The van der Waals surface area contributed by atoms with Crippen molar-refractivity contribution in [2.45, 2.75) is 320 Å². The second-order valence-electron chi connectivity index (χ2n) is 19.1. The summed E-state index contributed by atoms with van der Waals surface area (Å²) in [5.74, 6) is 8.16. The van der Waals surface area contributed by atoms with E-state index in [4.69, 9.17) is 0 Å². The van der Waals surface area contributed by atoms with E-state index in [1.54, 1.807) is 0 Å². The number of rotatable bonds is 0. The molecule has 0 N–H and O–H groups in total. The molecule has 0 nitrogen and oxygen atoms in total. The molecule has 0 aliphatic heterocycles. The first-order chi connectivity index (χ1) is 26.5. The molecule has 4 aliphatic carbocycles. The average molecular weight is 802 g/mol. The van der Waals surface area contributed by atoms with Gasteiger partial charge in [0, 0.05) is 0 Å². The van der Waals surface area contributed by atoms with Crippen LogP contribution in [0.15, 0.2) is 0 Å². The summed E-state index contributed by atoms with van der Waals surface area (Å²) in [7, 11) is 0. The fourth-order valence-electron chi connectivity index (χ4n) is 5.71. The van der Waals surface area contributed by atoms with Crippen LogP contribution in [-0.2, 0) is 0 Å². The van der Waals surface area contributed by atoms with Crippen LogP contribution in [-0.4, -0.2) is 0 Å². The molecule has 4 saturated carbocycles. The maximum absolute atomic E-state index is 2.37. The number of hydrogen-bond acceptors (Lipinski definition) is 0. The van der Waals surface area contributed by atoms with Crippen molar-refractivity contribution in [2.75, 3.05) is 0 Å². The van der Waals surface area contributed by atoms with Gasteiger partial charge in [0.2, 0.25) is 0 Å². The predicted octanol–water partition coefficient (Wildman–Crippen LogP) is 22.7. The third kappa shape index (κ3) is 94.8. The lowest BCUT2D eigenvalue weighted by Crippen LogP contribution is -2.08. The highest BCUT2D eigenvalue weighted by Crippen LogP contribution is 2.29. The van der Waals surface area contributed by atoms with Gasteiger partial charge in [0.25, 0.3) is 0 Å². The fraction of sp³-hybridized carbons (Fsp3) is 1.00. The van der Waals surface area contributed by atoms with Crippen molar-refractivity contribution >= 4 is 0 Å². The molecule has 4 fully saturated rings. The molecule has 0 aromatic heterocycles. The molecule has 0 heteroatoms. The molecule has 0 aromatic rings. The van der Waals surface area contributed by atoms with Gasteiger partial charge >= 0.3 is 0 Å². The second-order valence-corrected chi connectivity index (χ2v) is 19.1. The van der Waals surface area contributed by atoms with Crippen molar-refractivity contribution in [2.24, 2.45) is 47.3 Å². The van der Waals surface area contributed by atoms with E-state index in [1.165, 1.54) is 154 Å². The van der Waals surface area contributed by atoms with E-state index in [9.17, 15) is 0 Å². The molecule has 0 bridgehead atoms. The molecule has 0 amide bonds. The minimum Gasteiger partial charge on any atom is -0.0656 e. The predicted molar refractivity (Wildman–Crippen MR) is 275 cm³/mol. The zero-order valence-corrected chi connectivity index (χ0v) is 45.6. The minimum absolute atomic E-state index is 1.02. The average Bonchev–Trinajstić information content (AvgIpc) is 3.14. The van der Waals surface area contributed by atoms with Gasteiger partial charge in [0.05, 0.1) is 0 Å². The van der Waals surface area contributed by atoms with Crippen LogP contribution >= 0.6 is 0 Å². The smallest absolute Gasteiger partial charge is 0.0443 e. The third-order valence-electron chi connectivity index (χ3n) is 9.22. The summed E-state index contributed by atoms with van der Waals surface area (Å²) < 4.78 is 0. The van der Waals surface area contributed by atoms with Gasteiger partial charge in [-0.05, 0) is 47.3 Å². The van der Waals surface area contributed by atoms with E-state index in [0.717, 1.165) is 47.3 Å². The van der Waals surface area contributed by atoms with E-state index < -0.39 is 0 Å². The molecule has 0 radical (unpaired) electrons. The monoisotopic (exact) mass is 801 g/mol. The Morgan fingerprint density at radius 1 is 0.161 bits per heavy atom. The van der Waals surface area contributed by atoms with Crippen LogP contribution in [0.25, 0.3) is 0 Å². The molecule has 0 atom stereocenters. The van der Waals surface area contributed by atoms with Crippen LogP contribution in [0.2, 0.25) is 0 Å². The zero-order valence-electron chi connectivity index (χ0n) is 45.6. The molecular weight excluding hydrogens is 673 g/mol. The van der Waals surface area contributed by atoms with Gasteiger partial charge in [0.15, 0.2) is 0 Å². The van der Waals surface area contributed by atoms with E-state index in [-0.39, 0.29) is 0 Å². The van der Waals surface area contributed by atoms with Crippen LogP contribution in [0, 0.1) is 47.3 Å². The summed E-state index contributed by atoms with van der Waals surface area (Å²) in [5.41, 5.74) is 0. The summed E-state index contributed by atoms with van der Waals surface area (Å²) in [5, 5.41) is 0. The Morgan fingerprint density at radius 3 is 0.232 bits per heavy atom. The van der Waals surface area contributed by atoms with Gasteiger partial charge in [-0.25, -0.2) is 0 Å². The Bertz CT molecular complexity index is 360. The maximum atomic E-state index is 2.37. The molecular formula is C56H128. The first-order valence-electron chi connectivity index (χ1n) is 26.5. The van der Waals surface area contributed by atoms with Gasteiger partial charge in [0.1, 0.15) is 0 Å². The highest BCUT2D eigenvalue weighted by Gasteiger charge is 2.15. The van der Waals surface area contributed by atoms with Gasteiger partial charge in [-0.3, -0.25) is 0 Å². The third-order valence-corrected chi connectivity index (χ3v) is 9.22. The van der Waals surface area contributed by atoms with Gasteiger partial charge in [-0.2, -0.15) is 0 Å². The summed E-state index contributed by atoms with van der Waals surface area (Å²) >= 11 is 0. The SMILES string of the molecule is CC1CCC(C)CC1.CC1CCC(C)CC1.CC1CCC(C)CC1.CC1CCC(C)CC1.CCC.CCC.CCC.CCC.CCC.CCC.CCC.CCC. The molecule has 0 heterocycles. The van der Waals surface area contributed by atoms with Crippen LogP contribution in [0.4, 0.5) is 0 Å². The van der Waals surface area contributed by atoms with Crippen molar-refractivity contribution in [3.63, 3.8) is 0 Å². The first-order valence-corrected chi connectivity index (χ1v) is 26.5. The Hall–Kier alpha value is 0. The zero-order chi connectivity index (χ0) is 45.6. The molecule has 0 unspecified atom stereocenters. The Balaban J connectivity index is -0.0000000775. The largest absolute Gasteiger partial charge is 0.0656 e. The molecule has 4 aliphatic rings. The Labute approximate surface area is 366 Å². The highest BCUT2D eigenvalue weighted by molar-refractivity contribution is 4.68. The lowest BCUT2D eigenvalue weighted by atomic mass is 9.84. The van der Waals surface area contributed by atoms with Crippen LogP contribution in [0.3, 0.4) is 0 Å². The highest BCUT2D eigenvalue weighted by atomic mass is 14.2. The van der Waals surface area contributed by atoms with E-state index >= 15 is 0 Å². The van der Waals surface area contributed by atoms with Crippen LogP contribution < -0.4 is 0 Å². The minimum atomic E-state index is 1.02. The van der Waals surface area contributed by atoms with Gasteiger partial charge < -0.3 is 0 Å². The lowest BCUT2D eigenvalue weighted by Gasteiger charge is -2.22. The second kappa shape index (κ2) is 69.6. The molecule has 4 rings (SSSR count). The summed E-state index contributed by atoms with van der Waals surface area (Å²) in [6.45, 7) is 52.9. The van der Waals surface area contributed by atoms with E-state index in [2.05, 4.69) is 166 Å². The lowest BCUT2D eigenvalue weighted by molar-refractivity contribution is 0.308. The molecule has 56 heavy (non-hydrogen) atoms. The maximum Gasteiger partial charge on any atom is -0.0443 e. The van der Waals surface area contributed by atoms with E-state index in [1.807, 2.05) is 0 Å².